The lowest BCUT2D eigenvalue weighted by Gasteiger charge is -2.09. The Bertz CT molecular complexity index is 1130. The van der Waals surface area contributed by atoms with E-state index in [1.54, 1.807) is 13.0 Å². The van der Waals surface area contributed by atoms with E-state index in [2.05, 4.69) is 6.58 Å². The van der Waals surface area contributed by atoms with Crippen molar-refractivity contribution in [2.75, 3.05) is 26.4 Å². The Kier molecular flexibility index (Phi) is 9.69. The SMILES string of the molecule is C=C(C)C(=O)OCCOc1ccc(-c2ccc(OCCOC(=O)/C=C/c3ccccc3)cc2)cc1. The largest absolute Gasteiger partial charge is 0.490 e. The molecule has 0 bridgehead atoms. The number of carbonyl (C=O) groups excluding carboxylic acids is 2. The van der Waals surface area contributed by atoms with Crippen molar-refractivity contribution in [3.8, 4) is 22.6 Å². The first kappa shape index (κ1) is 25.3. The van der Waals surface area contributed by atoms with Gasteiger partial charge in [0.05, 0.1) is 0 Å². The molecular weight excluding hydrogens is 444 g/mol. The van der Waals surface area contributed by atoms with E-state index < -0.39 is 11.9 Å². The molecule has 0 unspecified atom stereocenters. The molecule has 0 N–H and O–H groups in total. The average molecular weight is 473 g/mol. The van der Waals surface area contributed by atoms with Gasteiger partial charge in [0.25, 0.3) is 0 Å². The number of hydrogen-bond donors (Lipinski definition) is 0. The molecule has 0 amide bonds. The van der Waals surface area contributed by atoms with E-state index >= 15 is 0 Å². The third-order valence-electron chi connectivity index (χ3n) is 4.78. The van der Waals surface area contributed by atoms with Gasteiger partial charge >= 0.3 is 11.9 Å². The predicted octanol–water partition coefficient (Wildman–Crippen LogP) is 5.49. The van der Waals surface area contributed by atoms with Crippen molar-refractivity contribution in [1.29, 1.82) is 0 Å². The zero-order valence-electron chi connectivity index (χ0n) is 19.6. The van der Waals surface area contributed by atoms with Crippen LogP contribution in [0.2, 0.25) is 0 Å². The number of esters is 2. The first-order valence-corrected chi connectivity index (χ1v) is 11.2. The summed E-state index contributed by atoms with van der Waals surface area (Å²) >= 11 is 0. The molecule has 0 spiro atoms. The molecule has 0 aromatic heterocycles. The molecule has 6 heteroatoms. The molecule has 3 aromatic carbocycles. The molecule has 0 atom stereocenters. The van der Waals surface area contributed by atoms with E-state index in [9.17, 15) is 9.59 Å². The summed E-state index contributed by atoms with van der Waals surface area (Å²) in [6.45, 7) is 5.99. The molecule has 0 radical (unpaired) electrons. The van der Waals surface area contributed by atoms with Crippen LogP contribution in [0.5, 0.6) is 11.5 Å². The number of hydrogen-bond acceptors (Lipinski definition) is 6. The van der Waals surface area contributed by atoms with Crippen molar-refractivity contribution in [1.82, 2.24) is 0 Å². The molecule has 35 heavy (non-hydrogen) atoms. The molecule has 6 nitrogen and oxygen atoms in total. The molecule has 0 saturated carbocycles. The smallest absolute Gasteiger partial charge is 0.333 e. The van der Waals surface area contributed by atoms with Gasteiger partial charge in [0.2, 0.25) is 0 Å². The maximum Gasteiger partial charge on any atom is 0.333 e. The molecule has 3 aromatic rings. The second kappa shape index (κ2) is 13.4. The third-order valence-corrected chi connectivity index (χ3v) is 4.78. The topological polar surface area (TPSA) is 71.1 Å². The quantitative estimate of drug-likeness (QED) is 0.197. The molecule has 0 saturated heterocycles. The zero-order chi connectivity index (χ0) is 24.9. The Morgan fingerprint density at radius 1 is 0.714 bits per heavy atom. The average Bonchev–Trinajstić information content (AvgIpc) is 2.89. The molecule has 0 aliphatic rings. The Morgan fingerprint density at radius 2 is 1.23 bits per heavy atom. The van der Waals surface area contributed by atoms with Crippen molar-refractivity contribution >= 4 is 18.0 Å². The minimum absolute atomic E-state index is 0.160. The molecule has 0 aliphatic carbocycles. The fraction of sp³-hybridized carbons (Fsp3) is 0.172. The highest BCUT2D eigenvalue weighted by molar-refractivity contribution is 5.87. The van der Waals surface area contributed by atoms with Gasteiger partial charge in [-0.2, -0.15) is 0 Å². The van der Waals surface area contributed by atoms with Crippen LogP contribution in [0.3, 0.4) is 0 Å². The fourth-order valence-corrected chi connectivity index (χ4v) is 2.98. The first-order chi connectivity index (χ1) is 17.0. The molecule has 180 valence electrons. The Hall–Kier alpha value is -4.32. The van der Waals surface area contributed by atoms with Gasteiger partial charge < -0.3 is 18.9 Å². The first-order valence-electron chi connectivity index (χ1n) is 11.2. The maximum absolute atomic E-state index is 11.8. The van der Waals surface area contributed by atoms with Crippen LogP contribution in [-0.4, -0.2) is 38.4 Å². The zero-order valence-corrected chi connectivity index (χ0v) is 19.6. The van der Waals surface area contributed by atoms with Crippen LogP contribution in [0, 0.1) is 0 Å². The Morgan fingerprint density at radius 3 is 1.74 bits per heavy atom. The summed E-state index contributed by atoms with van der Waals surface area (Å²) in [7, 11) is 0. The highest BCUT2D eigenvalue weighted by Gasteiger charge is 2.04. The summed E-state index contributed by atoms with van der Waals surface area (Å²) in [5.74, 6) is 0.545. The van der Waals surface area contributed by atoms with Gasteiger partial charge in [-0.1, -0.05) is 61.2 Å². The lowest BCUT2D eigenvalue weighted by Crippen LogP contribution is -2.12. The van der Waals surface area contributed by atoms with Gasteiger partial charge in [-0.05, 0) is 54.0 Å². The monoisotopic (exact) mass is 472 g/mol. The van der Waals surface area contributed by atoms with Crippen molar-refractivity contribution in [2.24, 2.45) is 0 Å². The fourth-order valence-electron chi connectivity index (χ4n) is 2.98. The van der Waals surface area contributed by atoms with Gasteiger partial charge in [-0.25, -0.2) is 9.59 Å². The normalized spacial score (nSPS) is 10.5. The summed E-state index contributed by atoms with van der Waals surface area (Å²) < 4.78 is 21.4. The number of ether oxygens (including phenoxy) is 4. The molecule has 0 heterocycles. The summed E-state index contributed by atoms with van der Waals surface area (Å²) in [6.07, 6.45) is 3.11. The molecule has 0 aliphatic heterocycles. The van der Waals surface area contributed by atoms with Gasteiger partial charge in [0, 0.05) is 11.6 Å². The summed E-state index contributed by atoms with van der Waals surface area (Å²) in [6, 6.07) is 24.8. The summed E-state index contributed by atoms with van der Waals surface area (Å²) in [5, 5.41) is 0. The van der Waals surface area contributed by atoms with E-state index in [0.29, 0.717) is 17.1 Å². The molecule has 3 rings (SSSR count). The van der Waals surface area contributed by atoms with E-state index in [-0.39, 0.29) is 26.4 Å². The van der Waals surface area contributed by atoms with Crippen molar-refractivity contribution in [3.05, 3.63) is 103 Å². The van der Waals surface area contributed by atoms with Gasteiger partial charge in [0.15, 0.2) is 0 Å². The highest BCUT2D eigenvalue weighted by Crippen LogP contribution is 2.24. The van der Waals surface area contributed by atoms with Crippen LogP contribution in [-0.2, 0) is 19.1 Å². The van der Waals surface area contributed by atoms with Gasteiger partial charge in [-0.15, -0.1) is 0 Å². The van der Waals surface area contributed by atoms with Crippen LogP contribution in [0.1, 0.15) is 12.5 Å². The Labute approximate surface area is 205 Å². The summed E-state index contributed by atoms with van der Waals surface area (Å²) in [5.41, 5.74) is 3.35. The van der Waals surface area contributed by atoms with Gasteiger partial charge in [-0.3, -0.25) is 0 Å². The van der Waals surface area contributed by atoms with Crippen molar-refractivity contribution in [2.45, 2.75) is 6.92 Å². The van der Waals surface area contributed by atoms with E-state index in [1.807, 2.05) is 78.9 Å². The van der Waals surface area contributed by atoms with Crippen LogP contribution < -0.4 is 9.47 Å². The second-order valence-electron chi connectivity index (χ2n) is 7.57. The van der Waals surface area contributed by atoms with Crippen molar-refractivity contribution in [3.63, 3.8) is 0 Å². The molecular formula is C29H28O6. The number of benzene rings is 3. The maximum atomic E-state index is 11.8. The van der Waals surface area contributed by atoms with Crippen LogP contribution in [0.4, 0.5) is 0 Å². The third kappa shape index (κ3) is 8.85. The van der Waals surface area contributed by atoms with E-state index in [1.165, 1.54) is 6.08 Å². The Balaban J connectivity index is 1.37. The minimum Gasteiger partial charge on any atom is -0.490 e. The number of carbonyl (C=O) groups is 2. The predicted molar refractivity (Wildman–Crippen MR) is 135 cm³/mol. The number of rotatable bonds is 12. The van der Waals surface area contributed by atoms with Crippen LogP contribution in [0.15, 0.2) is 97.1 Å². The lowest BCUT2D eigenvalue weighted by molar-refractivity contribution is -0.140. The van der Waals surface area contributed by atoms with Crippen LogP contribution in [0.25, 0.3) is 17.2 Å². The molecule has 0 fully saturated rings. The van der Waals surface area contributed by atoms with E-state index in [0.717, 1.165) is 16.7 Å². The van der Waals surface area contributed by atoms with Crippen LogP contribution >= 0.6 is 0 Å². The standard InChI is InChI=1S/C29H28O6/c1-22(2)29(31)35-21-19-33-27-15-11-25(12-16-27)24-9-13-26(14-10-24)32-18-20-34-28(30)17-8-23-6-4-3-5-7-23/h3-17H,1,18-21H2,2H3/b17-8+. The van der Waals surface area contributed by atoms with Gasteiger partial charge in [0.1, 0.15) is 37.9 Å². The second-order valence-corrected chi connectivity index (χ2v) is 7.57. The highest BCUT2D eigenvalue weighted by atomic mass is 16.6. The van der Waals surface area contributed by atoms with E-state index in [4.69, 9.17) is 18.9 Å². The summed E-state index contributed by atoms with van der Waals surface area (Å²) in [4.78, 5) is 23.1. The van der Waals surface area contributed by atoms with Crippen molar-refractivity contribution < 1.29 is 28.5 Å². The minimum atomic E-state index is -0.423. The lowest BCUT2D eigenvalue weighted by atomic mass is 10.1.